The number of hydrogen-bond acceptors (Lipinski definition) is 3. The van der Waals surface area contributed by atoms with E-state index in [1.165, 1.54) is 18.2 Å². The van der Waals surface area contributed by atoms with E-state index in [4.69, 9.17) is 5.11 Å². The van der Waals surface area contributed by atoms with Gasteiger partial charge >= 0.3 is 5.97 Å². The number of nitrogens with one attached hydrogen (secondary N) is 1. The molecule has 1 atom stereocenters. The predicted octanol–water partition coefficient (Wildman–Crippen LogP) is 1.60. The summed E-state index contributed by atoms with van der Waals surface area (Å²) in [6.07, 6.45) is 1.38. The molecule has 1 aromatic carbocycles. The molecule has 18 heavy (non-hydrogen) atoms. The maximum Gasteiger partial charge on any atom is 0.322 e. The van der Waals surface area contributed by atoms with Gasteiger partial charge in [-0.05, 0) is 53.3 Å². The van der Waals surface area contributed by atoms with Crippen molar-refractivity contribution in [2.45, 2.75) is 17.4 Å². The van der Waals surface area contributed by atoms with Crippen molar-refractivity contribution < 1.29 is 18.3 Å². The minimum atomic E-state index is -3.83. The Labute approximate surface area is 119 Å². The minimum absolute atomic E-state index is 0.0267. The summed E-state index contributed by atoms with van der Waals surface area (Å²) in [5.74, 6) is -1.23. The monoisotopic (exact) mass is 381 g/mol. The Kier molecular flexibility index (Phi) is 5.29. The fraction of sp³-hybridized carbons (Fsp3) is 0.182. The molecule has 0 amide bonds. The van der Waals surface area contributed by atoms with Gasteiger partial charge in [-0.2, -0.15) is 4.72 Å². The first-order chi connectivity index (χ1) is 8.36. The van der Waals surface area contributed by atoms with Crippen molar-refractivity contribution in [2.75, 3.05) is 0 Å². The van der Waals surface area contributed by atoms with Crippen molar-refractivity contribution in [3.05, 3.63) is 40.5 Å². The lowest BCUT2D eigenvalue weighted by molar-refractivity contribution is -0.138. The van der Waals surface area contributed by atoms with Crippen LogP contribution in [0.1, 0.15) is 6.42 Å². The summed E-state index contributed by atoms with van der Waals surface area (Å²) in [6.45, 7) is 3.40. The van der Waals surface area contributed by atoms with Gasteiger partial charge in [-0.25, -0.2) is 8.42 Å². The van der Waals surface area contributed by atoms with E-state index >= 15 is 0 Å². The maximum atomic E-state index is 11.9. The van der Waals surface area contributed by atoms with Crippen LogP contribution < -0.4 is 4.72 Å². The van der Waals surface area contributed by atoms with Crippen molar-refractivity contribution in [1.82, 2.24) is 4.72 Å². The quantitative estimate of drug-likeness (QED) is 0.579. The van der Waals surface area contributed by atoms with Gasteiger partial charge in [0.15, 0.2) is 0 Å². The van der Waals surface area contributed by atoms with Gasteiger partial charge in [0.25, 0.3) is 0 Å². The fourth-order valence-corrected chi connectivity index (χ4v) is 2.80. The van der Waals surface area contributed by atoms with Crippen LogP contribution in [0.5, 0.6) is 0 Å². The van der Waals surface area contributed by atoms with Gasteiger partial charge in [0.2, 0.25) is 10.0 Å². The highest BCUT2D eigenvalue weighted by Crippen LogP contribution is 2.13. The van der Waals surface area contributed by atoms with Crippen LogP contribution in [-0.2, 0) is 14.8 Å². The van der Waals surface area contributed by atoms with Gasteiger partial charge < -0.3 is 5.11 Å². The van der Waals surface area contributed by atoms with Crippen LogP contribution >= 0.6 is 22.6 Å². The van der Waals surface area contributed by atoms with Crippen molar-refractivity contribution in [3.63, 3.8) is 0 Å². The third-order valence-electron chi connectivity index (χ3n) is 2.12. The molecule has 0 fully saturated rings. The van der Waals surface area contributed by atoms with Crippen LogP contribution in [0.4, 0.5) is 0 Å². The molecule has 5 nitrogen and oxygen atoms in total. The van der Waals surface area contributed by atoms with Gasteiger partial charge in [-0.1, -0.05) is 6.08 Å². The van der Waals surface area contributed by atoms with Crippen LogP contribution in [0.25, 0.3) is 0 Å². The second-order valence-corrected chi connectivity index (χ2v) is 6.45. The number of carboxylic acids is 1. The zero-order valence-electron chi connectivity index (χ0n) is 9.34. The predicted molar refractivity (Wildman–Crippen MR) is 75.7 cm³/mol. The molecule has 7 heteroatoms. The van der Waals surface area contributed by atoms with Gasteiger partial charge in [-0.3, -0.25) is 4.79 Å². The minimum Gasteiger partial charge on any atom is -0.480 e. The summed E-state index contributed by atoms with van der Waals surface area (Å²) in [6, 6.07) is 4.93. The number of benzene rings is 1. The van der Waals surface area contributed by atoms with E-state index in [0.29, 0.717) is 0 Å². The molecular weight excluding hydrogens is 369 g/mol. The number of sulfonamides is 1. The summed E-state index contributed by atoms with van der Waals surface area (Å²) in [4.78, 5) is 10.9. The number of rotatable bonds is 6. The molecule has 0 aliphatic rings. The van der Waals surface area contributed by atoms with Gasteiger partial charge in [-0.15, -0.1) is 6.58 Å². The largest absolute Gasteiger partial charge is 0.480 e. The summed E-state index contributed by atoms with van der Waals surface area (Å²) in [5.41, 5.74) is 0. The molecule has 1 aromatic rings. The van der Waals surface area contributed by atoms with Crippen molar-refractivity contribution in [2.24, 2.45) is 0 Å². The van der Waals surface area contributed by atoms with E-state index in [9.17, 15) is 13.2 Å². The lowest BCUT2D eigenvalue weighted by atomic mass is 10.2. The topological polar surface area (TPSA) is 83.5 Å². The fourth-order valence-electron chi connectivity index (χ4n) is 1.24. The second kappa shape index (κ2) is 6.30. The van der Waals surface area contributed by atoms with Crippen LogP contribution in [0, 0.1) is 3.57 Å². The van der Waals surface area contributed by atoms with E-state index in [-0.39, 0.29) is 11.3 Å². The van der Waals surface area contributed by atoms with Crippen molar-refractivity contribution in [1.29, 1.82) is 0 Å². The van der Waals surface area contributed by atoms with E-state index in [0.717, 1.165) is 3.57 Å². The molecule has 0 aliphatic heterocycles. The first-order valence-corrected chi connectivity index (χ1v) is 7.54. The summed E-state index contributed by atoms with van der Waals surface area (Å²) < 4.78 is 26.9. The standard InChI is InChI=1S/C11H12INO4S/c1-2-3-10(11(14)15)13-18(16,17)9-6-4-8(12)5-7-9/h2,4-7,10,13H,1,3H2,(H,14,15). The molecule has 0 aromatic heterocycles. The van der Waals surface area contributed by atoms with Crippen LogP contribution in [0.3, 0.4) is 0 Å². The molecule has 0 bridgehead atoms. The number of hydrogen-bond donors (Lipinski definition) is 2. The average Bonchev–Trinajstić information content (AvgIpc) is 2.28. The molecule has 1 unspecified atom stereocenters. The summed E-state index contributed by atoms with van der Waals surface area (Å²) >= 11 is 2.05. The second-order valence-electron chi connectivity index (χ2n) is 3.49. The highest BCUT2D eigenvalue weighted by molar-refractivity contribution is 14.1. The highest BCUT2D eigenvalue weighted by atomic mass is 127. The molecule has 2 N–H and O–H groups in total. The van der Waals surface area contributed by atoms with Gasteiger partial charge in [0.05, 0.1) is 4.90 Å². The Hall–Kier alpha value is -0.930. The molecular formula is C11H12INO4S. The molecule has 0 spiro atoms. The molecule has 0 heterocycles. The molecule has 98 valence electrons. The Balaban J connectivity index is 2.96. The first-order valence-electron chi connectivity index (χ1n) is 4.98. The molecule has 0 radical (unpaired) electrons. The number of carbonyl (C=O) groups is 1. The Morgan fingerprint density at radius 2 is 2.00 bits per heavy atom. The number of aliphatic carboxylic acids is 1. The van der Waals surface area contributed by atoms with E-state index < -0.39 is 22.0 Å². The lowest BCUT2D eigenvalue weighted by Gasteiger charge is -2.13. The van der Waals surface area contributed by atoms with E-state index in [1.807, 2.05) is 0 Å². The van der Waals surface area contributed by atoms with Crippen LogP contribution in [0.15, 0.2) is 41.8 Å². The van der Waals surface area contributed by atoms with Gasteiger partial charge in [0.1, 0.15) is 6.04 Å². The third-order valence-corrected chi connectivity index (χ3v) is 4.33. The van der Waals surface area contributed by atoms with Crippen LogP contribution in [-0.4, -0.2) is 25.5 Å². The molecule has 0 saturated heterocycles. The average molecular weight is 381 g/mol. The summed E-state index contributed by atoms with van der Waals surface area (Å²) in [5, 5.41) is 8.88. The van der Waals surface area contributed by atoms with Gasteiger partial charge in [0, 0.05) is 3.57 Å². The maximum absolute atomic E-state index is 11.9. The Bertz CT molecular complexity index is 539. The summed E-state index contributed by atoms with van der Waals surface area (Å²) in [7, 11) is -3.83. The van der Waals surface area contributed by atoms with E-state index in [2.05, 4.69) is 33.9 Å². The smallest absolute Gasteiger partial charge is 0.322 e. The SMILES string of the molecule is C=CCC(NS(=O)(=O)c1ccc(I)cc1)C(=O)O. The molecule has 0 aliphatic carbocycles. The number of halogens is 1. The van der Waals surface area contributed by atoms with Crippen LogP contribution in [0.2, 0.25) is 0 Å². The zero-order valence-corrected chi connectivity index (χ0v) is 12.3. The zero-order chi connectivity index (χ0) is 13.8. The number of carboxylic acid groups (broad SMARTS) is 1. The van der Waals surface area contributed by atoms with Crippen molar-refractivity contribution >= 4 is 38.6 Å². The van der Waals surface area contributed by atoms with Crippen molar-refractivity contribution in [3.8, 4) is 0 Å². The van der Waals surface area contributed by atoms with E-state index in [1.54, 1.807) is 12.1 Å². The Morgan fingerprint density at radius 3 is 2.44 bits per heavy atom. The highest BCUT2D eigenvalue weighted by Gasteiger charge is 2.24. The lowest BCUT2D eigenvalue weighted by Crippen LogP contribution is -2.40. The third kappa shape index (κ3) is 4.07. The normalized spacial score (nSPS) is 12.9. The molecule has 1 rings (SSSR count). The molecule has 0 saturated carbocycles. The Morgan fingerprint density at radius 1 is 1.44 bits per heavy atom. The first kappa shape index (κ1) is 15.1.